The highest BCUT2D eigenvalue weighted by Gasteiger charge is 2.11. The molecule has 3 nitrogen and oxygen atoms in total. The molecule has 4 heteroatoms. The zero-order valence-corrected chi connectivity index (χ0v) is 7.72. The Labute approximate surface area is 76.3 Å². The third-order valence-electron chi connectivity index (χ3n) is 1.80. The van der Waals surface area contributed by atoms with Crippen LogP contribution in [-0.2, 0) is 4.79 Å². The van der Waals surface area contributed by atoms with Crippen LogP contribution in [0.2, 0.25) is 0 Å². The minimum Gasteiger partial charge on any atom is -0.481 e. The Hall–Kier alpha value is -0.510. The first kappa shape index (κ1) is 9.58. The minimum absolute atomic E-state index is 0.304. The number of hydrogen-bond donors (Lipinski definition) is 1. The van der Waals surface area contributed by atoms with Gasteiger partial charge in [-0.05, 0) is 12.8 Å². The summed E-state index contributed by atoms with van der Waals surface area (Å²) in [4.78, 5) is 14.3. The molecule has 0 aliphatic carbocycles. The molecule has 0 radical (unpaired) electrons. The van der Waals surface area contributed by atoms with Crippen LogP contribution < -0.4 is 0 Å². The van der Waals surface area contributed by atoms with Crippen molar-refractivity contribution in [3.63, 3.8) is 0 Å². The molecule has 1 rings (SSSR count). The Morgan fingerprint density at radius 3 is 3.08 bits per heavy atom. The van der Waals surface area contributed by atoms with Crippen molar-refractivity contribution in [1.82, 2.24) is 0 Å². The predicted molar refractivity (Wildman–Crippen MR) is 50.8 cm³/mol. The van der Waals surface area contributed by atoms with Crippen LogP contribution in [-0.4, -0.2) is 28.4 Å². The molecule has 0 saturated carbocycles. The average molecular weight is 187 g/mol. The summed E-state index contributed by atoms with van der Waals surface area (Å²) in [5.74, 6) is -0.690. The van der Waals surface area contributed by atoms with Crippen molar-refractivity contribution in [3.8, 4) is 0 Å². The Balaban J connectivity index is 1.92. The van der Waals surface area contributed by atoms with E-state index in [4.69, 9.17) is 5.11 Å². The second kappa shape index (κ2) is 5.19. The summed E-state index contributed by atoms with van der Waals surface area (Å²) in [6.07, 6.45) is 3.20. The summed E-state index contributed by atoms with van der Waals surface area (Å²) in [6, 6.07) is 0. The zero-order chi connectivity index (χ0) is 8.81. The van der Waals surface area contributed by atoms with Crippen molar-refractivity contribution in [3.05, 3.63) is 0 Å². The minimum atomic E-state index is -0.690. The third-order valence-corrected chi connectivity index (χ3v) is 2.84. The molecule has 12 heavy (non-hydrogen) atoms. The van der Waals surface area contributed by atoms with Gasteiger partial charge in [0, 0.05) is 11.7 Å². The Kier molecular flexibility index (Phi) is 4.14. The molecule has 1 heterocycles. The van der Waals surface area contributed by atoms with E-state index in [0.717, 1.165) is 25.8 Å². The molecule has 0 saturated heterocycles. The second-order valence-electron chi connectivity index (χ2n) is 2.87. The number of carboxylic acid groups (broad SMARTS) is 1. The SMILES string of the molecule is O=C(O)CCCCC1CN=CS1. The van der Waals surface area contributed by atoms with Crippen molar-refractivity contribution in [2.24, 2.45) is 4.99 Å². The molecule has 1 aliphatic rings. The van der Waals surface area contributed by atoms with E-state index in [9.17, 15) is 4.79 Å². The fourth-order valence-electron chi connectivity index (χ4n) is 1.14. The van der Waals surface area contributed by atoms with Crippen LogP contribution in [0.1, 0.15) is 25.7 Å². The fourth-order valence-corrected chi connectivity index (χ4v) is 1.96. The van der Waals surface area contributed by atoms with E-state index in [-0.39, 0.29) is 0 Å². The van der Waals surface area contributed by atoms with Crippen LogP contribution >= 0.6 is 11.8 Å². The van der Waals surface area contributed by atoms with E-state index >= 15 is 0 Å². The lowest BCUT2D eigenvalue weighted by Crippen LogP contribution is -2.02. The van der Waals surface area contributed by atoms with E-state index in [0.29, 0.717) is 11.7 Å². The molecule has 1 N–H and O–H groups in total. The van der Waals surface area contributed by atoms with Gasteiger partial charge in [0.2, 0.25) is 0 Å². The first-order valence-electron chi connectivity index (χ1n) is 4.14. The molecule has 1 aliphatic heterocycles. The topological polar surface area (TPSA) is 49.7 Å². The second-order valence-corrected chi connectivity index (χ2v) is 4.02. The Bertz CT molecular complexity index is 174. The van der Waals surface area contributed by atoms with Gasteiger partial charge in [-0.2, -0.15) is 0 Å². The maximum Gasteiger partial charge on any atom is 0.303 e. The number of aliphatic imine (C=N–C) groups is 1. The van der Waals surface area contributed by atoms with E-state index < -0.39 is 5.97 Å². The third kappa shape index (κ3) is 3.76. The summed E-state index contributed by atoms with van der Waals surface area (Å²) in [5.41, 5.74) is 1.89. The lowest BCUT2D eigenvalue weighted by molar-refractivity contribution is -0.137. The van der Waals surface area contributed by atoms with E-state index in [1.807, 2.05) is 5.55 Å². The van der Waals surface area contributed by atoms with Gasteiger partial charge in [-0.3, -0.25) is 9.79 Å². The van der Waals surface area contributed by atoms with Crippen LogP contribution in [0.25, 0.3) is 0 Å². The lowest BCUT2D eigenvalue weighted by atomic mass is 10.1. The number of carboxylic acids is 1. The summed E-state index contributed by atoms with van der Waals surface area (Å²) < 4.78 is 0. The number of nitrogens with zero attached hydrogens (tertiary/aromatic N) is 1. The maximum atomic E-state index is 10.2. The van der Waals surface area contributed by atoms with E-state index in [1.165, 1.54) is 0 Å². The van der Waals surface area contributed by atoms with Crippen molar-refractivity contribution < 1.29 is 9.90 Å². The molecular weight excluding hydrogens is 174 g/mol. The van der Waals surface area contributed by atoms with Gasteiger partial charge in [-0.15, -0.1) is 11.8 Å². The number of hydrogen-bond acceptors (Lipinski definition) is 3. The van der Waals surface area contributed by atoms with E-state index in [1.54, 1.807) is 11.8 Å². The summed E-state index contributed by atoms with van der Waals surface area (Å²) >= 11 is 1.76. The Morgan fingerprint density at radius 1 is 1.67 bits per heavy atom. The molecule has 1 atom stereocenters. The largest absolute Gasteiger partial charge is 0.481 e. The van der Waals surface area contributed by atoms with E-state index in [2.05, 4.69) is 4.99 Å². The monoisotopic (exact) mass is 187 g/mol. The van der Waals surface area contributed by atoms with Gasteiger partial charge in [0.15, 0.2) is 0 Å². The van der Waals surface area contributed by atoms with Crippen LogP contribution in [0, 0.1) is 0 Å². The number of unbranched alkanes of at least 4 members (excludes halogenated alkanes) is 1. The van der Waals surface area contributed by atoms with Gasteiger partial charge in [-0.25, -0.2) is 0 Å². The quantitative estimate of drug-likeness (QED) is 0.667. The standard InChI is InChI=1S/C8H13NO2S/c10-8(11)4-2-1-3-7-5-9-6-12-7/h6-7H,1-5H2,(H,10,11). The highest BCUT2D eigenvalue weighted by atomic mass is 32.2. The van der Waals surface area contributed by atoms with Gasteiger partial charge in [0.25, 0.3) is 0 Å². The number of rotatable bonds is 5. The molecule has 68 valence electrons. The summed E-state index contributed by atoms with van der Waals surface area (Å²) in [7, 11) is 0. The van der Waals surface area contributed by atoms with Gasteiger partial charge >= 0.3 is 5.97 Å². The normalized spacial score (nSPS) is 21.5. The average Bonchev–Trinajstić information content (AvgIpc) is 2.49. The first-order valence-corrected chi connectivity index (χ1v) is 5.09. The summed E-state index contributed by atoms with van der Waals surface area (Å²) in [5, 5.41) is 8.99. The fraction of sp³-hybridized carbons (Fsp3) is 0.750. The van der Waals surface area contributed by atoms with Gasteiger partial charge in [0.05, 0.1) is 12.1 Å². The molecule has 0 spiro atoms. The highest BCUT2D eigenvalue weighted by Crippen LogP contribution is 2.20. The van der Waals surface area contributed by atoms with Crippen molar-refractivity contribution in [1.29, 1.82) is 0 Å². The van der Waals surface area contributed by atoms with Crippen LogP contribution in [0.4, 0.5) is 0 Å². The van der Waals surface area contributed by atoms with Crippen molar-refractivity contribution in [2.45, 2.75) is 30.9 Å². The van der Waals surface area contributed by atoms with Gasteiger partial charge < -0.3 is 5.11 Å². The molecule has 0 amide bonds. The van der Waals surface area contributed by atoms with Crippen LogP contribution in [0.5, 0.6) is 0 Å². The van der Waals surface area contributed by atoms with Gasteiger partial charge in [-0.1, -0.05) is 6.42 Å². The smallest absolute Gasteiger partial charge is 0.303 e. The van der Waals surface area contributed by atoms with Crippen molar-refractivity contribution in [2.75, 3.05) is 6.54 Å². The Morgan fingerprint density at radius 2 is 2.50 bits per heavy atom. The predicted octanol–water partition coefficient (Wildman–Crippen LogP) is 1.78. The maximum absolute atomic E-state index is 10.2. The summed E-state index contributed by atoms with van der Waals surface area (Å²) in [6.45, 7) is 0.914. The van der Waals surface area contributed by atoms with Crippen LogP contribution in [0.15, 0.2) is 4.99 Å². The number of carbonyl (C=O) groups is 1. The molecular formula is C8H13NO2S. The highest BCUT2D eigenvalue weighted by molar-refractivity contribution is 8.12. The molecule has 1 unspecified atom stereocenters. The van der Waals surface area contributed by atoms with Crippen molar-refractivity contribution >= 4 is 23.3 Å². The number of thioether (sulfide) groups is 1. The molecule has 0 bridgehead atoms. The molecule has 0 aromatic rings. The molecule has 0 fully saturated rings. The number of aliphatic carboxylic acids is 1. The molecule has 0 aromatic carbocycles. The van der Waals surface area contributed by atoms with Crippen LogP contribution in [0.3, 0.4) is 0 Å². The zero-order valence-electron chi connectivity index (χ0n) is 6.90. The lowest BCUT2D eigenvalue weighted by Gasteiger charge is -2.04. The molecule has 0 aromatic heterocycles. The first-order chi connectivity index (χ1) is 5.79. The van der Waals surface area contributed by atoms with Gasteiger partial charge in [0.1, 0.15) is 0 Å².